The van der Waals surface area contributed by atoms with Crippen LogP contribution in [-0.2, 0) is 16.7 Å². The van der Waals surface area contributed by atoms with E-state index in [1.807, 2.05) is 51.3 Å². The highest BCUT2D eigenvalue weighted by molar-refractivity contribution is 7.86. The standard InChI is InChI=1S/C20H28N2O4S2/c1-6-21(7-2)17-11-10-16(18(13-17)26-28(5,24)25)14-22(15(3)4)20(23)19-9-8-12-27-19/h8-13,15H,6-7,14H2,1-5H3. The van der Waals surface area contributed by atoms with E-state index in [0.29, 0.717) is 10.4 Å². The fourth-order valence-corrected chi connectivity index (χ4v) is 4.07. The molecule has 0 atom stereocenters. The van der Waals surface area contributed by atoms with Crippen LogP contribution < -0.4 is 9.08 Å². The summed E-state index contributed by atoms with van der Waals surface area (Å²) in [4.78, 5) is 17.4. The Morgan fingerprint density at radius 3 is 2.36 bits per heavy atom. The van der Waals surface area contributed by atoms with Crippen LogP contribution in [0.15, 0.2) is 35.7 Å². The molecule has 2 aromatic rings. The third-order valence-corrected chi connectivity index (χ3v) is 5.72. The first-order chi connectivity index (χ1) is 13.2. The summed E-state index contributed by atoms with van der Waals surface area (Å²) in [6.45, 7) is 9.80. The summed E-state index contributed by atoms with van der Waals surface area (Å²) in [7, 11) is -3.69. The van der Waals surface area contributed by atoms with Gasteiger partial charge in [-0.25, -0.2) is 0 Å². The minimum atomic E-state index is -3.69. The van der Waals surface area contributed by atoms with Crippen LogP contribution in [0.5, 0.6) is 5.75 Å². The molecule has 0 aliphatic rings. The molecule has 0 aliphatic carbocycles. The van der Waals surface area contributed by atoms with Gasteiger partial charge < -0.3 is 14.0 Å². The van der Waals surface area contributed by atoms with Crippen molar-refractivity contribution in [2.75, 3.05) is 24.2 Å². The molecule has 0 aliphatic heterocycles. The zero-order chi connectivity index (χ0) is 20.9. The van der Waals surface area contributed by atoms with Crippen LogP contribution >= 0.6 is 11.3 Å². The predicted octanol–water partition coefficient (Wildman–Crippen LogP) is 3.98. The van der Waals surface area contributed by atoms with Crippen molar-refractivity contribution in [3.63, 3.8) is 0 Å². The van der Waals surface area contributed by atoms with Crippen LogP contribution in [0.2, 0.25) is 0 Å². The molecule has 0 spiro atoms. The van der Waals surface area contributed by atoms with Gasteiger partial charge in [-0.1, -0.05) is 12.1 Å². The Balaban J connectivity index is 2.42. The van der Waals surface area contributed by atoms with E-state index in [2.05, 4.69) is 4.90 Å². The van der Waals surface area contributed by atoms with E-state index < -0.39 is 10.1 Å². The van der Waals surface area contributed by atoms with Crippen molar-refractivity contribution < 1.29 is 17.4 Å². The van der Waals surface area contributed by atoms with Crippen LogP contribution in [0.3, 0.4) is 0 Å². The normalized spacial score (nSPS) is 11.5. The lowest BCUT2D eigenvalue weighted by molar-refractivity contribution is 0.0695. The molecule has 1 amide bonds. The van der Waals surface area contributed by atoms with E-state index in [9.17, 15) is 13.2 Å². The number of rotatable bonds is 9. The van der Waals surface area contributed by atoms with E-state index in [0.717, 1.165) is 25.0 Å². The molecule has 1 aromatic heterocycles. The van der Waals surface area contributed by atoms with Gasteiger partial charge in [0.25, 0.3) is 5.91 Å². The molecule has 154 valence electrons. The Labute approximate surface area is 171 Å². The number of hydrogen-bond donors (Lipinski definition) is 0. The maximum absolute atomic E-state index is 12.9. The molecule has 0 fully saturated rings. The van der Waals surface area contributed by atoms with E-state index in [1.54, 1.807) is 17.0 Å². The molecule has 0 bridgehead atoms. The first-order valence-electron chi connectivity index (χ1n) is 9.28. The van der Waals surface area contributed by atoms with Gasteiger partial charge in [0, 0.05) is 43.0 Å². The number of amides is 1. The van der Waals surface area contributed by atoms with Crippen molar-refractivity contribution in [1.29, 1.82) is 0 Å². The molecule has 0 radical (unpaired) electrons. The Bertz CT molecular complexity index is 889. The molecule has 28 heavy (non-hydrogen) atoms. The summed E-state index contributed by atoms with van der Waals surface area (Å²) in [6, 6.07) is 9.09. The number of benzene rings is 1. The fraction of sp³-hybridized carbons (Fsp3) is 0.450. The summed E-state index contributed by atoms with van der Waals surface area (Å²) in [6.07, 6.45) is 1.03. The highest BCUT2D eigenvalue weighted by Gasteiger charge is 2.23. The molecule has 0 saturated heterocycles. The molecule has 0 saturated carbocycles. The summed E-state index contributed by atoms with van der Waals surface area (Å²) in [5.41, 5.74) is 1.54. The van der Waals surface area contributed by atoms with Gasteiger partial charge in [0.15, 0.2) is 0 Å². The molecular weight excluding hydrogens is 396 g/mol. The summed E-state index contributed by atoms with van der Waals surface area (Å²) in [5.74, 6) is 0.180. The Morgan fingerprint density at radius 1 is 1.18 bits per heavy atom. The first kappa shape index (κ1) is 22.2. The maximum atomic E-state index is 12.9. The van der Waals surface area contributed by atoms with Crippen LogP contribution in [-0.4, -0.2) is 44.6 Å². The first-order valence-corrected chi connectivity index (χ1v) is 12.0. The molecule has 2 rings (SSSR count). The van der Waals surface area contributed by atoms with Gasteiger partial charge in [-0.3, -0.25) is 4.79 Å². The Kier molecular flexibility index (Phi) is 7.48. The van der Waals surface area contributed by atoms with Crippen LogP contribution in [0.25, 0.3) is 0 Å². The largest absolute Gasteiger partial charge is 0.382 e. The number of hydrogen-bond acceptors (Lipinski definition) is 6. The van der Waals surface area contributed by atoms with Crippen LogP contribution in [0.4, 0.5) is 5.69 Å². The smallest absolute Gasteiger partial charge is 0.306 e. The number of carbonyl (C=O) groups is 1. The molecule has 1 heterocycles. The average molecular weight is 425 g/mol. The number of nitrogens with zero attached hydrogens (tertiary/aromatic N) is 2. The second kappa shape index (κ2) is 9.43. The lowest BCUT2D eigenvalue weighted by Crippen LogP contribution is -2.36. The maximum Gasteiger partial charge on any atom is 0.306 e. The number of carbonyl (C=O) groups excluding carboxylic acids is 1. The third-order valence-electron chi connectivity index (χ3n) is 4.38. The topological polar surface area (TPSA) is 66.9 Å². The van der Waals surface area contributed by atoms with Crippen molar-refractivity contribution in [1.82, 2.24) is 4.90 Å². The van der Waals surface area contributed by atoms with E-state index in [1.165, 1.54) is 11.3 Å². The minimum absolute atomic E-state index is 0.0526. The predicted molar refractivity (Wildman–Crippen MR) is 115 cm³/mol. The van der Waals surface area contributed by atoms with Gasteiger partial charge >= 0.3 is 10.1 Å². The van der Waals surface area contributed by atoms with Gasteiger partial charge in [-0.2, -0.15) is 8.42 Å². The summed E-state index contributed by atoms with van der Waals surface area (Å²) < 4.78 is 28.9. The van der Waals surface area contributed by atoms with Crippen LogP contribution in [0.1, 0.15) is 42.9 Å². The van der Waals surface area contributed by atoms with Gasteiger partial charge in [-0.15, -0.1) is 11.3 Å². The van der Waals surface area contributed by atoms with Crippen molar-refractivity contribution >= 4 is 33.0 Å². The molecule has 1 aromatic carbocycles. The second-order valence-electron chi connectivity index (χ2n) is 6.76. The van der Waals surface area contributed by atoms with Crippen molar-refractivity contribution in [3.8, 4) is 5.75 Å². The highest BCUT2D eigenvalue weighted by Crippen LogP contribution is 2.29. The van der Waals surface area contributed by atoms with Gasteiger partial charge in [0.1, 0.15) is 5.75 Å². The molecule has 6 nitrogen and oxygen atoms in total. The van der Waals surface area contributed by atoms with Gasteiger partial charge in [0.05, 0.1) is 11.1 Å². The SMILES string of the molecule is CCN(CC)c1ccc(CN(C(=O)c2cccs2)C(C)C)c(OS(C)(=O)=O)c1. The zero-order valence-corrected chi connectivity index (χ0v) is 18.6. The van der Waals surface area contributed by atoms with Gasteiger partial charge in [-0.05, 0) is 45.2 Å². The fourth-order valence-electron chi connectivity index (χ4n) is 2.91. The quantitative estimate of drug-likeness (QED) is 0.570. The number of anilines is 1. The number of thiophene rings is 1. The molecule has 0 N–H and O–H groups in total. The Hall–Kier alpha value is -2.06. The van der Waals surface area contributed by atoms with Crippen molar-refractivity contribution in [2.45, 2.75) is 40.3 Å². The van der Waals surface area contributed by atoms with E-state index in [-0.39, 0.29) is 24.2 Å². The average Bonchev–Trinajstić information content (AvgIpc) is 3.14. The summed E-state index contributed by atoms with van der Waals surface area (Å²) in [5, 5.41) is 1.86. The van der Waals surface area contributed by atoms with E-state index >= 15 is 0 Å². The minimum Gasteiger partial charge on any atom is -0.382 e. The van der Waals surface area contributed by atoms with Gasteiger partial charge in [0.2, 0.25) is 0 Å². The third kappa shape index (κ3) is 5.72. The monoisotopic (exact) mass is 424 g/mol. The highest BCUT2D eigenvalue weighted by atomic mass is 32.2. The van der Waals surface area contributed by atoms with Crippen LogP contribution in [0, 0.1) is 0 Å². The molecule has 8 heteroatoms. The zero-order valence-electron chi connectivity index (χ0n) is 17.0. The van der Waals surface area contributed by atoms with Crippen molar-refractivity contribution in [3.05, 3.63) is 46.2 Å². The van der Waals surface area contributed by atoms with E-state index in [4.69, 9.17) is 4.18 Å². The van der Waals surface area contributed by atoms with Crippen molar-refractivity contribution in [2.24, 2.45) is 0 Å². The second-order valence-corrected chi connectivity index (χ2v) is 9.28. The molecule has 0 unspecified atom stereocenters. The molecular formula is C20H28N2O4S2. The summed E-state index contributed by atoms with van der Waals surface area (Å²) >= 11 is 1.39. The lowest BCUT2D eigenvalue weighted by Gasteiger charge is -2.28. The lowest BCUT2D eigenvalue weighted by atomic mass is 10.1. The Morgan fingerprint density at radius 2 is 1.86 bits per heavy atom.